The van der Waals surface area contributed by atoms with Gasteiger partial charge in [-0.2, -0.15) is 0 Å². The molecule has 1 fully saturated rings. The van der Waals surface area contributed by atoms with E-state index in [1.807, 2.05) is 12.1 Å². The van der Waals surface area contributed by atoms with Crippen LogP contribution < -0.4 is 25.6 Å². The van der Waals surface area contributed by atoms with E-state index >= 15 is 0 Å². The number of pyridine rings is 1. The highest BCUT2D eigenvalue weighted by Crippen LogP contribution is 2.28. The topological polar surface area (TPSA) is 153 Å². The second kappa shape index (κ2) is 13.7. The van der Waals surface area contributed by atoms with E-state index < -0.39 is 35.8 Å². The van der Waals surface area contributed by atoms with Gasteiger partial charge in [-0.05, 0) is 60.9 Å². The summed E-state index contributed by atoms with van der Waals surface area (Å²) in [5, 5.41) is 18.6. The maximum Gasteiger partial charge on any atom is 0.255 e. The number of piperazine rings is 1. The third-order valence-corrected chi connectivity index (χ3v) is 8.03. The van der Waals surface area contributed by atoms with Crippen LogP contribution in [0, 0.1) is 5.92 Å². The first-order valence-corrected chi connectivity index (χ1v) is 15.0. The fraction of sp³-hybridized carbons (Fsp3) is 0.364. The lowest BCUT2D eigenvalue weighted by Crippen LogP contribution is -2.59. The van der Waals surface area contributed by atoms with Gasteiger partial charge in [-0.3, -0.25) is 24.2 Å². The molecule has 0 spiro atoms. The minimum Gasteiger partial charge on any atom is -0.507 e. The summed E-state index contributed by atoms with van der Waals surface area (Å²) in [4.78, 5) is 61.7. The first kappa shape index (κ1) is 31.3. The van der Waals surface area contributed by atoms with Crippen LogP contribution in [0.4, 0.5) is 5.69 Å². The van der Waals surface area contributed by atoms with E-state index in [1.54, 1.807) is 55.4 Å². The Hall–Kier alpha value is -5.13. The number of aromatic hydroxyl groups is 1. The minimum atomic E-state index is -1.00. The van der Waals surface area contributed by atoms with E-state index in [-0.39, 0.29) is 29.6 Å². The number of aromatic nitrogens is 1. The number of phenolic OH excluding ortho intramolecular Hbond substituents is 1. The molecule has 0 radical (unpaired) electrons. The molecule has 12 heteroatoms. The van der Waals surface area contributed by atoms with Crippen molar-refractivity contribution in [1.82, 2.24) is 25.8 Å². The van der Waals surface area contributed by atoms with Crippen molar-refractivity contribution in [1.29, 1.82) is 0 Å². The quantitative estimate of drug-likeness (QED) is 0.328. The van der Waals surface area contributed by atoms with E-state index in [4.69, 9.17) is 4.74 Å². The summed E-state index contributed by atoms with van der Waals surface area (Å²) < 4.78 is 5.94. The number of hydrogen-bond acceptors (Lipinski definition) is 8. The third-order valence-electron chi connectivity index (χ3n) is 8.03. The Morgan fingerprint density at radius 2 is 1.56 bits per heavy atom. The molecule has 0 aliphatic carbocycles. The largest absolute Gasteiger partial charge is 0.507 e. The van der Waals surface area contributed by atoms with E-state index in [9.17, 15) is 24.3 Å². The Morgan fingerprint density at radius 3 is 2.22 bits per heavy atom. The number of fused-ring (bicyclic) bond motifs is 11. The van der Waals surface area contributed by atoms with Crippen molar-refractivity contribution < 1.29 is 29.0 Å². The molecular weight excluding hydrogens is 576 g/mol. The average molecular weight is 615 g/mol. The fourth-order valence-corrected chi connectivity index (χ4v) is 5.41. The normalized spacial score (nSPS) is 21.2. The molecule has 1 saturated heterocycles. The van der Waals surface area contributed by atoms with Gasteiger partial charge in [-0.15, -0.1) is 0 Å². The summed E-state index contributed by atoms with van der Waals surface area (Å²) in [6.07, 6.45) is 3.70. The first-order chi connectivity index (χ1) is 21.6. The van der Waals surface area contributed by atoms with Crippen molar-refractivity contribution in [3.05, 3.63) is 78.1 Å². The number of anilines is 1. The summed E-state index contributed by atoms with van der Waals surface area (Å²) in [5.74, 6) is -1.80. The highest BCUT2D eigenvalue weighted by molar-refractivity contribution is 6.00. The van der Waals surface area contributed by atoms with E-state index in [0.717, 1.165) is 11.3 Å². The monoisotopic (exact) mass is 614 g/mol. The molecule has 0 saturated carbocycles. The van der Waals surface area contributed by atoms with Crippen molar-refractivity contribution in [2.45, 2.75) is 45.3 Å². The van der Waals surface area contributed by atoms with Crippen LogP contribution in [-0.2, 0) is 20.8 Å². The zero-order valence-corrected chi connectivity index (χ0v) is 25.5. The fourth-order valence-electron chi connectivity index (χ4n) is 5.41. The van der Waals surface area contributed by atoms with Gasteiger partial charge in [0.25, 0.3) is 5.91 Å². The molecule has 236 valence electrons. The Balaban J connectivity index is 1.40. The number of ether oxygens (including phenoxy) is 1. The van der Waals surface area contributed by atoms with Gasteiger partial charge in [0, 0.05) is 50.7 Å². The highest BCUT2D eigenvalue weighted by Gasteiger charge is 2.32. The first-order valence-electron chi connectivity index (χ1n) is 15.0. The maximum absolute atomic E-state index is 13.9. The number of phenols is 1. The molecule has 2 aromatic carbocycles. The number of nitrogens with one attached hydrogen (secondary N) is 3. The molecule has 3 aliphatic heterocycles. The van der Waals surface area contributed by atoms with Crippen molar-refractivity contribution in [2.75, 3.05) is 31.1 Å². The number of benzene rings is 2. The lowest BCUT2D eigenvalue weighted by Gasteiger charge is -2.37. The maximum atomic E-state index is 13.9. The minimum absolute atomic E-state index is 0.0579. The van der Waals surface area contributed by atoms with Crippen LogP contribution in [0.2, 0.25) is 0 Å². The van der Waals surface area contributed by atoms with Crippen LogP contribution >= 0.6 is 0 Å². The summed E-state index contributed by atoms with van der Waals surface area (Å²) in [6.45, 7) is 7.28. The van der Waals surface area contributed by atoms with E-state index in [1.165, 1.54) is 25.1 Å². The standard InChI is InChI=1S/C33H38N6O6/c1-20(2)29-32(43)35-21(3)30(41)36-27(33(44)39-16-14-38(15-17-39)23-10-12-34-13-11-23)18-22-4-6-24(7-5-22)45-25-8-9-28(40)26(19-25)31(42)37-29/h4-13,19-21,27,29,40H,14-18H2,1-3H3,(H,35,43)(H,36,41)(H,37,42)/t21-,27+,29-/m0/s1. The smallest absolute Gasteiger partial charge is 0.255 e. The van der Waals surface area contributed by atoms with Gasteiger partial charge in [-0.25, -0.2) is 0 Å². The molecular formula is C33H38N6O6. The number of carbonyl (C=O) groups is 4. The van der Waals surface area contributed by atoms with Crippen molar-refractivity contribution in [2.24, 2.45) is 5.92 Å². The van der Waals surface area contributed by atoms with Gasteiger partial charge in [0.15, 0.2) is 0 Å². The predicted octanol–water partition coefficient (Wildman–Crippen LogP) is 2.23. The Labute approximate surface area is 261 Å². The lowest BCUT2D eigenvalue weighted by atomic mass is 10.0. The molecule has 3 atom stereocenters. The highest BCUT2D eigenvalue weighted by atomic mass is 16.5. The molecule has 4 N–H and O–H groups in total. The van der Waals surface area contributed by atoms with Crippen molar-refractivity contribution in [3.8, 4) is 17.2 Å². The zero-order chi connectivity index (χ0) is 32.1. The molecule has 45 heavy (non-hydrogen) atoms. The molecule has 4 bridgehead atoms. The van der Waals surface area contributed by atoms with Crippen molar-refractivity contribution in [3.63, 3.8) is 0 Å². The molecule has 6 rings (SSSR count). The Morgan fingerprint density at radius 1 is 0.889 bits per heavy atom. The molecule has 1 aromatic heterocycles. The Bertz CT molecular complexity index is 1540. The Kier molecular flexibility index (Phi) is 9.50. The molecule has 3 aromatic rings. The van der Waals surface area contributed by atoms with Gasteiger partial charge in [0.05, 0.1) is 5.56 Å². The van der Waals surface area contributed by atoms with Gasteiger partial charge < -0.3 is 35.6 Å². The van der Waals surface area contributed by atoms with Gasteiger partial charge in [0.2, 0.25) is 17.7 Å². The van der Waals surface area contributed by atoms with Crippen molar-refractivity contribution >= 4 is 29.3 Å². The number of hydrogen-bond donors (Lipinski definition) is 4. The van der Waals surface area contributed by atoms with Crippen LogP contribution in [0.3, 0.4) is 0 Å². The van der Waals surface area contributed by atoms with Crippen LogP contribution in [0.5, 0.6) is 17.2 Å². The molecule has 4 amide bonds. The summed E-state index contributed by atoms with van der Waals surface area (Å²) in [6, 6.07) is 12.3. The second-order valence-electron chi connectivity index (χ2n) is 11.6. The van der Waals surface area contributed by atoms with E-state index in [2.05, 4.69) is 25.8 Å². The second-order valence-corrected chi connectivity index (χ2v) is 11.6. The molecule has 4 heterocycles. The van der Waals surface area contributed by atoms with Gasteiger partial charge >= 0.3 is 0 Å². The van der Waals surface area contributed by atoms with Crippen LogP contribution in [-0.4, -0.2) is 82.9 Å². The van der Waals surface area contributed by atoms with Crippen LogP contribution in [0.1, 0.15) is 36.7 Å². The molecule has 3 aliphatic rings. The van der Waals surface area contributed by atoms with Gasteiger partial charge in [-0.1, -0.05) is 26.0 Å². The van der Waals surface area contributed by atoms with Gasteiger partial charge in [0.1, 0.15) is 35.4 Å². The zero-order valence-electron chi connectivity index (χ0n) is 25.5. The SMILES string of the molecule is CC(C)[C@@H]1NC(=O)c2cc(ccc2O)Oc2ccc(cc2)C[C@H](C(=O)N2CCN(c3ccncc3)CC2)NC(=O)[C@H](C)NC1=O. The average Bonchev–Trinajstić information content (AvgIpc) is 3.04. The number of carbonyl (C=O) groups excluding carboxylic acids is 4. The van der Waals surface area contributed by atoms with Crippen LogP contribution in [0.15, 0.2) is 67.0 Å². The third kappa shape index (κ3) is 7.51. The number of rotatable bonds is 3. The van der Waals surface area contributed by atoms with E-state index in [0.29, 0.717) is 37.7 Å². The molecule has 12 nitrogen and oxygen atoms in total. The molecule has 0 unspecified atom stereocenters. The summed E-state index contributed by atoms with van der Waals surface area (Å²) >= 11 is 0. The predicted molar refractivity (Wildman–Crippen MR) is 167 cm³/mol. The number of amides is 4. The lowest BCUT2D eigenvalue weighted by molar-refractivity contribution is -0.137. The van der Waals surface area contributed by atoms with Crippen LogP contribution in [0.25, 0.3) is 0 Å². The summed E-state index contributed by atoms with van der Waals surface area (Å²) in [7, 11) is 0. The summed E-state index contributed by atoms with van der Waals surface area (Å²) in [5.41, 5.74) is 1.77. The number of nitrogens with zero attached hydrogens (tertiary/aromatic N) is 3.